The summed E-state index contributed by atoms with van der Waals surface area (Å²) in [6.07, 6.45) is 3.58. The van der Waals surface area contributed by atoms with Crippen molar-refractivity contribution in [2.45, 2.75) is 43.9 Å². The Morgan fingerprint density at radius 3 is 2.26 bits per heavy atom. The number of thioether (sulfide) groups is 1. The van der Waals surface area contributed by atoms with E-state index in [0.717, 1.165) is 30.2 Å². The third-order valence-electron chi connectivity index (χ3n) is 6.25. The first-order chi connectivity index (χ1) is 16.4. The van der Waals surface area contributed by atoms with E-state index in [9.17, 15) is 13.6 Å². The first-order valence-electron chi connectivity index (χ1n) is 11.5. The third-order valence-corrected chi connectivity index (χ3v) is 7.16. The van der Waals surface area contributed by atoms with Crippen molar-refractivity contribution in [2.24, 2.45) is 0 Å². The predicted molar refractivity (Wildman–Crippen MR) is 129 cm³/mol. The molecule has 6 nitrogen and oxygen atoms in total. The number of nitrogens with zero attached hydrogens (tertiary/aromatic N) is 5. The van der Waals surface area contributed by atoms with Crippen molar-refractivity contribution in [3.8, 4) is 5.69 Å². The van der Waals surface area contributed by atoms with E-state index in [-0.39, 0.29) is 29.3 Å². The van der Waals surface area contributed by atoms with E-state index < -0.39 is 0 Å². The van der Waals surface area contributed by atoms with Gasteiger partial charge in [-0.15, -0.1) is 10.2 Å². The van der Waals surface area contributed by atoms with Crippen molar-refractivity contribution < 1.29 is 13.6 Å². The number of piperidine rings is 1. The van der Waals surface area contributed by atoms with Gasteiger partial charge in [0, 0.05) is 12.7 Å². The van der Waals surface area contributed by atoms with Crippen LogP contribution >= 0.6 is 11.8 Å². The van der Waals surface area contributed by atoms with Crippen LogP contribution in [0.3, 0.4) is 0 Å². The van der Waals surface area contributed by atoms with Crippen molar-refractivity contribution in [1.82, 2.24) is 24.6 Å². The second kappa shape index (κ2) is 11.1. The van der Waals surface area contributed by atoms with Gasteiger partial charge in [-0.2, -0.15) is 0 Å². The summed E-state index contributed by atoms with van der Waals surface area (Å²) in [6.45, 7) is 4.60. The van der Waals surface area contributed by atoms with Crippen LogP contribution in [0.2, 0.25) is 0 Å². The molecule has 0 bridgehead atoms. The van der Waals surface area contributed by atoms with Gasteiger partial charge in [-0.3, -0.25) is 14.3 Å². The fourth-order valence-corrected chi connectivity index (χ4v) is 4.97. The Bertz CT molecular complexity index is 1100. The number of carbonyl (C=O) groups is 1. The van der Waals surface area contributed by atoms with E-state index in [1.165, 1.54) is 55.3 Å². The maximum atomic E-state index is 13.6. The first-order valence-corrected chi connectivity index (χ1v) is 12.5. The Hall–Kier alpha value is -2.78. The number of carbonyl (C=O) groups excluding carboxylic acids is 1. The van der Waals surface area contributed by atoms with Crippen molar-refractivity contribution in [1.29, 1.82) is 0 Å². The van der Waals surface area contributed by atoms with Gasteiger partial charge in [0.25, 0.3) is 0 Å². The Morgan fingerprint density at radius 2 is 1.62 bits per heavy atom. The molecule has 1 amide bonds. The molecule has 1 aromatic heterocycles. The van der Waals surface area contributed by atoms with Crippen LogP contribution in [-0.2, 0) is 11.3 Å². The second-order valence-corrected chi connectivity index (χ2v) is 9.51. The highest BCUT2D eigenvalue weighted by molar-refractivity contribution is 7.99. The minimum atomic E-state index is -0.310. The molecule has 0 aliphatic carbocycles. The molecular formula is C25H29F2N5OS. The maximum Gasteiger partial charge on any atom is 0.233 e. The van der Waals surface area contributed by atoms with Crippen LogP contribution in [0.5, 0.6) is 0 Å². The Kier molecular flexibility index (Phi) is 7.95. The number of halogens is 2. The summed E-state index contributed by atoms with van der Waals surface area (Å²) in [5.74, 6) is 0.256. The molecule has 1 unspecified atom stereocenters. The molecule has 9 heteroatoms. The minimum absolute atomic E-state index is 0.0759. The van der Waals surface area contributed by atoms with Gasteiger partial charge < -0.3 is 4.90 Å². The summed E-state index contributed by atoms with van der Waals surface area (Å²) in [5.41, 5.74) is 1.63. The summed E-state index contributed by atoms with van der Waals surface area (Å²) >= 11 is 1.31. The van der Waals surface area contributed by atoms with Gasteiger partial charge in [0.1, 0.15) is 11.6 Å². The van der Waals surface area contributed by atoms with Crippen molar-refractivity contribution in [3.63, 3.8) is 0 Å². The van der Waals surface area contributed by atoms with Crippen LogP contribution in [0.1, 0.15) is 43.6 Å². The fourth-order valence-electron chi connectivity index (χ4n) is 4.07. The molecule has 1 aliphatic heterocycles. The Morgan fingerprint density at radius 1 is 1.00 bits per heavy atom. The lowest BCUT2D eigenvalue weighted by Crippen LogP contribution is -2.31. The lowest BCUT2D eigenvalue weighted by atomic mass is 10.1. The minimum Gasteiger partial charge on any atom is -0.338 e. The average molecular weight is 486 g/mol. The quantitative estimate of drug-likeness (QED) is 0.427. The van der Waals surface area contributed by atoms with Crippen molar-refractivity contribution >= 4 is 17.7 Å². The molecule has 4 rings (SSSR count). The highest BCUT2D eigenvalue weighted by Crippen LogP contribution is 2.26. The highest BCUT2D eigenvalue weighted by atomic mass is 32.2. The number of aromatic nitrogens is 3. The van der Waals surface area contributed by atoms with E-state index in [1.807, 2.05) is 11.5 Å². The monoisotopic (exact) mass is 485 g/mol. The van der Waals surface area contributed by atoms with Gasteiger partial charge in [-0.1, -0.05) is 30.3 Å². The van der Waals surface area contributed by atoms with Crippen LogP contribution in [0, 0.1) is 11.6 Å². The molecule has 0 N–H and O–H groups in total. The maximum absolute atomic E-state index is 13.6. The Labute approximate surface area is 203 Å². The Balaban J connectivity index is 1.49. The SMILES string of the molecule is CC(c1ccc(F)cc1)N(C)C(=O)CSc1nnc(CN2CCCCC2)n1-c1ccc(F)cc1. The van der Waals surface area contributed by atoms with Crippen LogP contribution in [-0.4, -0.2) is 56.4 Å². The zero-order valence-corrected chi connectivity index (χ0v) is 20.3. The van der Waals surface area contributed by atoms with Gasteiger partial charge >= 0.3 is 0 Å². The van der Waals surface area contributed by atoms with E-state index in [1.54, 1.807) is 36.2 Å². The lowest BCUT2D eigenvalue weighted by molar-refractivity contribution is -0.128. The van der Waals surface area contributed by atoms with Gasteiger partial charge in [-0.25, -0.2) is 8.78 Å². The second-order valence-electron chi connectivity index (χ2n) is 8.57. The van der Waals surface area contributed by atoms with E-state index >= 15 is 0 Å². The molecule has 0 spiro atoms. The average Bonchev–Trinajstić information content (AvgIpc) is 3.25. The van der Waals surface area contributed by atoms with Gasteiger partial charge in [-0.05, 0) is 74.8 Å². The number of rotatable bonds is 8. The molecule has 3 aromatic rings. The third kappa shape index (κ3) is 5.82. The number of likely N-dealkylation sites (tertiary alicyclic amines) is 1. The van der Waals surface area contributed by atoms with E-state index in [0.29, 0.717) is 11.7 Å². The van der Waals surface area contributed by atoms with E-state index in [2.05, 4.69) is 15.1 Å². The molecule has 1 atom stereocenters. The number of hydrogen-bond donors (Lipinski definition) is 0. The van der Waals surface area contributed by atoms with Crippen molar-refractivity contribution in [3.05, 3.63) is 71.6 Å². The van der Waals surface area contributed by atoms with Gasteiger partial charge in [0.15, 0.2) is 11.0 Å². The first kappa shape index (κ1) is 24.3. The molecule has 180 valence electrons. The van der Waals surface area contributed by atoms with Crippen LogP contribution in [0.15, 0.2) is 53.7 Å². The fraction of sp³-hybridized carbons (Fsp3) is 0.400. The number of amides is 1. The molecular weight excluding hydrogens is 456 g/mol. The summed E-state index contributed by atoms with van der Waals surface area (Å²) in [7, 11) is 1.74. The summed E-state index contributed by atoms with van der Waals surface area (Å²) in [6, 6.07) is 12.2. The molecule has 1 aliphatic rings. The number of hydrogen-bond acceptors (Lipinski definition) is 5. The molecule has 2 aromatic carbocycles. The van der Waals surface area contributed by atoms with Crippen LogP contribution in [0.4, 0.5) is 8.78 Å². The van der Waals surface area contributed by atoms with Gasteiger partial charge in [0.05, 0.1) is 18.3 Å². The molecule has 2 heterocycles. The van der Waals surface area contributed by atoms with Crippen LogP contribution in [0.25, 0.3) is 5.69 Å². The standard InChI is InChI=1S/C25H29F2N5OS/c1-18(19-6-8-20(26)9-7-19)30(2)24(33)17-34-25-29-28-23(16-31-14-4-3-5-15-31)32(25)22-12-10-21(27)11-13-22/h6-13,18H,3-5,14-17H2,1-2H3. The largest absolute Gasteiger partial charge is 0.338 e. The smallest absolute Gasteiger partial charge is 0.233 e. The summed E-state index contributed by atoms with van der Waals surface area (Å²) in [4.78, 5) is 16.9. The molecule has 1 fully saturated rings. The predicted octanol–water partition coefficient (Wildman–Crippen LogP) is 4.84. The molecule has 34 heavy (non-hydrogen) atoms. The topological polar surface area (TPSA) is 54.3 Å². The normalized spacial score (nSPS) is 15.3. The summed E-state index contributed by atoms with van der Waals surface area (Å²) in [5, 5.41) is 9.38. The summed E-state index contributed by atoms with van der Waals surface area (Å²) < 4.78 is 28.7. The van der Waals surface area contributed by atoms with Crippen LogP contribution < -0.4 is 0 Å². The van der Waals surface area contributed by atoms with Gasteiger partial charge in [0.2, 0.25) is 5.91 Å². The molecule has 1 saturated heterocycles. The molecule has 0 radical (unpaired) electrons. The van der Waals surface area contributed by atoms with E-state index in [4.69, 9.17) is 0 Å². The molecule has 0 saturated carbocycles. The highest BCUT2D eigenvalue weighted by Gasteiger charge is 2.22. The zero-order chi connectivity index (χ0) is 24.1. The zero-order valence-electron chi connectivity index (χ0n) is 19.5. The number of benzene rings is 2. The lowest BCUT2D eigenvalue weighted by Gasteiger charge is -2.26. The van der Waals surface area contributed by atoms with Crippen molar-refractivity contribution in [2.75, 3.05) is 25.9 Å².